The van der Waals surface area contributed by atoms with Gasteiger partial charge in [-0.3, -0.25) is 0 Å². The SMILES string of the molecule is O=C(NCCc1ccccc1C(=O)O)NCC1CCOC1. The van der Waals surface area contributed by atoms with Gasteiger partial charge in [0.25, 0.3) is 0 Å². The van der Waals surface area contributed by atoms with Crippen LogP contribution in [-0.4, -0.2) is 43.4 Å². The summed E-state index contributed by atoms with van der Waals surface area (Å²) < 4.78 is 5.24. The monoisotopic (exact) mass is 292 g/mol. The molecule has 0 spiro atoms. The van der Waals surface area contributed by atoms with Crippen molar-refractivity contribution >= 4 is 12.0 Å². The number of carbonyl (C=O) groups excluding carboxylic acids is 1. The van der Waals surface area contributed by atoms with Crippen molar-refractivity contribution in [1.29, 1.82) is 0 Å². The van der Waals surface area contributed by atoms with Crippen molar-refractivity contribution in [3.8, 4) is 0 Å². The fraction of sp³-hybridized carbons (Fsp3) is 0.467. The predicted octanol–water partition coefficient (Wildman–Crippen LogP) is 1.26. The first-order valence-corrected chi connectivity index (χ1v) is 7.07. The molecule has 2 rings (SSSR count). The Morgan fingerprint density at radius 3 is 2.81 bits per heavy atom. The van der Waals surface area contributed by atoms with Gasteiger partial charge in [-0.25, -0.2) is 9.59 Å². The van der Waals surface area contributed by atoms with Crippen LogP contribution in [0.5, 0.6) is 0 Å². The average Bonchev–Trinajstić information content (AvgIpc) is 2.99. The maximum absolute atomic E-state index is 11.6. The average molecular weight is 292 g/mol. The van der Waals surface area contributed by atoms with Gasteiger partial charge in [0.05, 0.1) is 12.2 Å². The Kier molecular flexibility index (Phi) is 5.57. The van der Waals surface area contributed by atoms with Gasteiger partial charge in [0, 0.05) is 25.6 Å². The predicted molar refractivity (Wildman–Crippen MR) is 77.4 cm³/mol. The molecule has 1 fully saturated rings. The van der Waals surface area contributed by atoms with E-state index in [1.165, 1.54) is 0 Å². The molecule has 1 atom stereocenters. The van der Waals surface area contributed by atoms with Crippen LogP contribution in [-0.2, 0) is 11.2 Å². The highest BCUT2D eigenvalue weighted by molar-refractivity contribution is 5.89. The van der Waals surface area contributed by atoms with E-state index in [1.807, 2.05) is 0 Å². The molecular weight excluding hydrogens is 272 g/mol. The number of carbonyl (C=O) groups is 2. The topological polar surface area (TPSA) is 87.7 Å². The lowest BCUT2D eigenvalue weighted by atomic mass is 10.0. The summed E-state index contributed by atoms with van der Waals surface area (Å²) in [5.74, 6) is -0.556. The molecule has 0 saturated carbocycles. The van der Waals surface area contributed by atoms with Crippen LogP contribution in [0.25, 0.3) is 0 Å². The van der Waals surface area contributed by atoms with Gasteiger partial charge in [0.1, 0.15) is 0 Å². The Hall–Kier alpha value is -2.08. The molecule has 6 heteroatoms. The van der Waals surface area contributed by atoms with Gasteiger partial charge in [-0.05, 0) is 24.5 Å². The highest BCUT2D eigenvalue weighted by atomic mass is 16.5. The third kappa shape index (κ3) is 4.75. The van der Waals surface area contributed by atoms with Crippen molar-refractivity contribution in [3.63, 3.8) is 0 Å². The van der Waals surface area contributed by atoms with E-state index in [0.717, 1.165) is 18.6 Å². The van der Waals surface area contributed by atoms with E-state index in [9.17, 15) is 9.59 Å². The third-order valence-corrected chi connectivity index (χ3v) is 3.50. The normalized spacial score (nSPS) is 17.4. The molecule has 1 aromatic rings. The van der Waals surface area contributed by atoms with E-state index in [-0.39, 0.29) is 11.6 Å². The molecular formula is C15H20N2O4. The van der Waals surface area contributed by atoms with E-state index in [0.29, 0.717) is 32.0 Å². The Bertz CT molecular complexity index is 498. The molecule has 1 aliphatic heterocycles. The third-order valence-electron chi connectivity index (χ3n) is 3.50. The molecule has 2 amide bonds. The van der Waals surface area contributed by atoms with Crippen LogP contribution in [0.2, 0.25) is 0 Å². The lowest BCUT2D eigenvalue weighted by molar-refractivity contribution is 0.0695. The van der Waals surface area contributed by atoms with E-state index in [1.54, 1.807) is 24.3 Å². The maximum Gasteiger partial charge on any atom is 0.335 e. The van der Waals surface area contributed by atoms with Crippen molar-refractivity contribution < 1.29 is 19.4 Å². The molecule has 114 valence electrons. The summed E-state index contributed by atoms with van der Waals surface area (Å²) >= 11 is 0. The zero-order valence-corrected chi connectivity index (χ0v) is 11.8. The van der Waals surface area contributed by atoms with Gasteiger partial charge in [0.2, 0.25) is 0 Å². The van der Waals surface area contributed by atoms with Crippen molar-refractivity contribution in [3.05, 3.63) is 35.4 Å². The Balaban J connectivity index is 1.71. The van der Waals surface area contributed by atoms with Crippen LogP contribution >= 0.6 is 0 Å². The molecule has 0 radical (unpaired) electrons. The molecule has 1 unspecified atom stereocenters. The molecule has 1 aromatic carbocycles. The number of ether oxygens (including phenoxy) is 1. The number of aromatic carboxylic acids is 1. The lowest BCUT2D eigenvalue weighted by Gasteiger charge is -2.11. The summed E-state index contributed by atoms with van der Waals surface area (Å²) in [4.78, 5) is 22.7. The van der Waals surface area contributed by atoms with Crippen molar-refractivity contribution in [2.75, 3.05) is 26.3 Å². The molecule has 3 N–H and O–H groups in total. The van der Waals surface area contributed by atoms with Gasteiger partial charge in [0.15, 0.2) is 0 Å². The second kappa shape index (κ2) is 7.64. The number of hydrogen-bond donors (Lipinski definition) is 3. The molecule has 1 aliphatic rings. The summed E-state index contributed by atoms with van der Waals surface area (Å²) in [5, 5.41) is 14.6. The number of carboxylic acids is 1. The fourth-order valence-electron chi connectivity index (χ4n) is 2.30. The van der Waals surface area contributed by atoms with Crippen LogP contribution in [0.4, 0.5) is 4.79 Å². The summed E-state index contributed by atoms with van der Waals surface area (Å²) in [6.45, 7) is 2.47. The fourth-order valence-corrected chi connectivity index (χ4v) is 2.30. The van der Waals surface area contributed by atoms with Crippen LogP contribution in [0.3, 0.4) is 0 Å². The molecule has 6 nitrogen and oxygen atoms in total. The second-order valence-corrected chi connectivity index (χ2v) is 5.08. The summed E-state index contributed by atoms with van der Waals surface area (Å²) in [5.41, 5.74) is 0.998. The van der Waals surface area contributed by atoms with Crippen molar-refractivity contribution in [2.45, 2.75) is 12.8 Å². The van der Waals surface area contributed by atoms with Crippen LogP contribution in [0, 0.1) is 5.92 Å². The first kappa shape index (κ1) is 15.3. The zero-order chi connectivity index (χ0) is 15.1. The highest BCUT2D eigenvalue weighted by Crippen LogP contribution is 2.10. The molecule has 21 heavy (non-hydrogen) atoms. The van der Waals surface area contributed by atoms with E-state index < -0.39 is 5.97 Å². The van der Waals surface area contributed by atoms with Crippen molar-refractivity contribution in [2.24, 2.45) is 5.92 Å². The zero-order valence-electron chi connectivity index (χ0n) is 11.8. The Morgan fingerprint density at radius 2 is 2.10 bits per heavy atom. The molecule has 0 aliphatic carbocycles. The molecule has 1 heterocycles. The minimum absolute atomic E-state index is 0.227. The van der Waals surface area contributed by atoms with Gasteiger partial charge >= 0.3 is 12.0 Å². The van der Waals surface area contributed by atoms with Gasteiger partial charge in [-0.1, -0.05) is 18.2 Å². The quantitative estimate of drug-likeness (QED) is 0.736. The second-order valence-electron chi connectivity index (χ2n) is 5.08. The van der Waals surface area contributed by atoms with Crippen LogP contribution in [0.15, 0.2) is 24.3 Å². The van der Waals surface area contributed by atoms with E-state index in [2.05, 4.69) is 10.6 Å². The minimum atomic E-state index is -0.948. The van der Waals surface area contributed by atoms with Gasteiger partial charge in [-0.15, -0.1) is 0 Å². The molecule has 1 saturated heterocycles. The Labute approximate surface area is 123 Å². The standard InChI is InChI=1S/C15H20N2O4/c18-14(19)13-4-2-1-3-12(13)5-7-16-15(20)17-9-11-6-8-21-10-11/h1-4,11H,5-10H2,(H,18,19)(H2,16,17,20). The minimum Gasteiger partial charge on any atom is -0.478 e. The van der Waals surface area contributed by atoms with Gasteiger partial charge in [-0.2, -0.15) is 0 Å². The number of benzene rings is 1. The molecule has 0 bridgehead atoms. The first-order chi connectivity index (χ1) is 10.2. The highest BCUT2D eigenvalue weighted by Gasteiger charge is 2.16. The smallest absolute Gasteiger partial charge is 0.335 e. The maximum atomic E-state index is 11.6. The van der Waals surface area contributed by atoms with Crippen LogP contribution < -0.4 is 10.6 Å². The number of amides is 2. The van der Waals surface area contributed by atoms with E-state index in [4.69, 9.17) is 9.84 Å². The summed E-state index contributed by atoms with van der Waals surface area (Å²) in [6, 6.07) is 6.59. The molecule has 0 aromatic heterocycles. The number of urea groups is 1. The number of nitrogens with one attached hydrogen (secondary N) is 2. The Morgan fingerprint density at radius 1 is 1.29 bits per heavy atom. The van der Waals surface area contributed by atoms with Crippen LogP contribution in [0.1, 0.15) is 22.3 Å². The number of rotatable bonds is 6. The first-order valence-electron chi connectivity index (χ1n) is 7.07. The number of hydrogen-bond acceptors (Lipinski definition) is 3. The van der Waals surface area contributed by atoms with Crippen molar-refractivity contribution in [1.82, 2.24) is 10.6 Å². The lowest BCUT2D eigenvalue weighted by Crippen LogP contribution is -2.39. The summed E-state index contributed by atoms with van der Waals surface area (Å²) in [6.07, 6.45) is 1.47. The summed E-state index contributed by atoms with van der Waals surface area (Å²) in [7, 11) is 0. The van der Waals surface area contributed by atoms with E-state index >= 15 is 0 Å². The number of carboxylic acid groups (broad SMARTS) is 1. The van der Waals surface area contributed by atoms with Gasteiger partial charge < -0.3 is 20.5 Å². The largest absolute Gasteiger partial charge is 0.478 e.